The molecule has 0 N–H and O–H groups in total. The molecule has 0 aliphatic carbocycles. The van der Waals surface area contributed by atoms with E-state index in [0.717, 1.165) is 12.3 Å². The minimum Gasteiger partial charge on any atom is -0.249 e. The number of nitrogens with zero attached hydrogens (tertiary/aromatic N) is 1. The molecule has 1 atom stereocenters. The second kappa shape index (κ2) is 5.07. The first-order valence-corrected chi connectivity index (χ1v) is 5.60. The molecule has 1 aromatic heterocycles. The van der Waals surface area contributed by atoms with Crippen LogP contribution in [0.3, 0.4) is 0 Å². The van der Waals surface area contributed by atoms with Crippen molar-refractivity contribution in [2.24, 2.45) is 0 Å². The third-order valence-electron chi connectivity index (χ3n) is 1.60. The molecule has 15 heavy (non-hydrogen) atoms. The van der Waals surface area contributed by atoms with Crippen molar-refractivity contribution in [2.75, 3.05) is 5.88 Å². The van der Waals surface area contributed by atoms with Crippen LogP contribution in [0, 0.1) is 0 Å². The van der Waals surface area contributed by atoms with E-state index in [9.17, 15) is 13.2 Å². The number of alkyl halides is 4. The summed E-state index contributed by atoms with van der Waals surface area (Å²) < 4.78 is 36.5. The van der Waals surface area contributed by atoms with Gasteiger partial charge in [0, 0.05) is 17.3 Å². The summed E-state index contributed by atoms with van der Waals surface area (Å²) in [5.41, 5.74) is -0.731. The van der Waals surface area contributed by atoms with Gasteiger partial charge in [0.05, 0.1) is 10.6 Å². The number of rotatable bonds is 3. The molecule has 0 radical (unpaired) electrons. The molecule has 0 saturated heterocycles. The minimum atomic E-state index is -4.33. The van der Waals surface area contributed by atoms with E-state index in [0.29, 0.717) is 10.9 Å². The van der Waals surface area contributed by atoms with Crippen molar-refractivity contribution in [2.45, 2.75) is 23.4 Å². The summed E-state index contributed by atoms with van der Waals surface area (Å²) in [5.74, 6) is 0.438. The molecule has 84 valence electrons. The van der Waals surface area contributed by atoms with Crippen LogP contribution in [-0.4, -0.2) is 16.1 Å². The maximum atomic E-state index is 12.2. The second-order valence-corrected chi connectivity index (χ2v) is 4.73. The van der Waals surface area contributed by atoms with Crippen molar-refractivity contribution in [3.05, 3.63) is 23.9 Å². The highest BCUT2D eigenvalue weighted by atomic mass is 35.5. The van der Waals surface area contributed by atoms with Gasteiger partial charge in [0.1, 0.15) is 0 Å². The first kappa shape index (κ1) is 12.6. The molecule has 1 nitrogen and oxygen atoms in total. The Balaban J connectivity index is 2.73. The van der Waals surface area contributed by atoms with E-state index < -0.39 is 11.7 Å². The lowest BCUT2D eigenvalue weighted by molar-refractivity contribution is -0.137. The molecule has 1 heterocycles. The van der Waals surface area contributed by atoms with Crippen LogP contribution in [-0.2, 0) is 6.18 Å². The first-order chi connectivity index (χ1) is 6.93. The van der Waals surface area contributed by atoms with Gasteiger partial charge in [-0.05, 0) is 12.1 Å². The molecular formula is C9H9ClF3NS. The van der Waals surface area contributed by atoms with Gasteiger partial charge < -0.3 is 0 Å². The normalized spacial score (nSPS) is 13.9. The van der Waals surface area contributed by atoms with Gasteiger partial charge in [-0.1, -0.05) is 6.92 Å². The predicted molar refractivity (Wildman–Crippen MR) is 55.3 cm³/mol. The molecule has 0 aromatic carbocycles. The highest BCUT2D eigenvalue weighted by Gasteiger charge is 2.30. The van der Waals surface area contributed by atoms with Crippen molar-refractivity contribution >= 4 is 23.4 Å². The van der Waals surface area contributed by atoms with Crippen LogP contribution in [0.2, 0.25) is 0 Å². The summed E-state index contributed by atoms with van der Waals surface area (Å²) in [6.45, 7) is 1.89. The summed E-state index contributed by atoms with van der Waals surface area (Å²) in [6.07, 6.45) is -3.49. The average molecular weight is 256 g/mol. The van der Waals surface area contributed by atoms with Crippen LogP contribution >= 0.6 is 23.4 Å². The number of hydrogen-bond donors (Lipinski definition) is 0. The van der Waals surface area contributed by atoms with E-state index in [2.05, 4.69) is 4.98 Å². The van der Waals surface area contributed by atoms with Crippen LogP contribution < -0.4 is 0 Å². The number of hydrogen-bond acceptors (Lipinski definition) is 2. The quantitative estimate of drug-likeness (QED) is 0.602. The van der Waals surface area contributed by atoms with Gasteiger partial charge >= 0.3 is 6.18 Å². The maximum Gasteiger partial charge on any atom is 0.417 e. The van der Waals surface area contributed by atoms with E-state index in [1.165, 1.54) is 17.8 Å². The van der Waals surface area contributed by atoms with E-state index in [1.54, 1.807) is 0 Å². The van der Waals surface area contributed by atoms with Crippen LogP contribution in [0.5, 0.6) is 0 Å². The fourth-order valence-corrected chi connectivity index (χ4v) is 1.78. The molecule has 1 unspecified atom stereocenters. The molecule has 0 spiro atoms. The van der Waals surface area contributed by atoms with E-state index in [-0.39, 0.29) is 5.25 Å². The van der Waals surface area contributed by atoms with Crippen molar-refractivity contribution in [3.63, 3.8) is 0 Å². The van der Waals surface area contributed by atoms with Crippen LogP contribution in [0.25, 0.3) is 0 Å². The van der Waals surface area contributed by atoms with E-state index in [4.69, 9.17) is 11.6 Å². The Kier molecular flexibility index (Phi) is 4.28. The highest BCUT2D eigenvalue weighted by Crippen LogP contribution is 2.30. The largest absolute Gasteiger partial charge is 0.417 e. The highest BCUT2D eigenvalue weighted by molar-refractivity contribution is 7.99. The zero-order chi connectivity index (χ0) is 11.5. The number of aromatic nitrogens is 1. The molecular weight excluding hydrogens is 247 g/mol. The predicted octanol–water partition coefficient (Wildman–Crippen LogP) is 3.82. The van der Waals surface area contributed by atoms with Gasteiger partial charge in [0.2, 0.25) is 0 Å². The van der Waals surface area contributed by atoms with Crippen molar-refractivity contribution in [1.82, 2.24) is 4.98 Å². The lowest BCUT2D eigenvalue weighted by Crippen LogP contribution is -2.05. The van der Waals surface area contributed by atoms with Crippen molar-refractivity contribution in [1.29, 1.82) is 0 Å². The standard InChI is InChI=1S/C9H9ClF3NS/c1-6(4-10)15-8-3-2-7(5-14-8)9(11,12)13/h2-3,5-6H,4H2,1H3. The molecule has 1 aromatic rings. The SMILES string of the molecule is CC(CCl)Sc1ccc(C(F)(F)F)cn1. The lowest BCUT2D eigenvalue weighted by Gasteiger charge is -2.08. The topological polar surface area (TPSA) is 12.9 Å². The minimum absolute atomic E-state index is 0.135. The fourth-order valence-electron chi connectivity index (χ4n) is 0.855. The Labute approximate surface area is 95.0 Å². The van der Waals surface area contributed by atoms with E-state index >= 15 is 0 Å². The van der Waals surface area contributed by atoms with E-state index in [1.807, 2.05) is 6.92 Å². The van der Waals surface area contributed by atoms with Crippen LogP contribution in [0.15, 0.2) is 23.4 Å². The Bertz CT molecular complexity index is 312. The Hall–Kier alpha value is -0.420. The van der Waals surface area contributed by atoms with Crippen LogP contribution in [0.4, 0.5) is 13.2 Å². The number of halogens is 4. The van der Waals surface area contributed by atoms with Gasteiger partial charge in [-0.3, -0.25) is 0 Å². The summed E-state index contributed by atoms with van der Waals surface area (Å²) in [5, 5.41) is 0.687. The number of thioether (sulfide) groups is 1. The smallest absolute Gasteiger partial charge is 0.249 e. The summed E-state index contributed by atoms with van der Waals surface area (Å²) in [6, 6.07) is 2.38. The maximum absolute atomic E-state index is 12.2. The molecule has 0 aliphatic rings. The lowest BCUT2D eigenvalue weighted by atomic mass is 10.3. The van der Waals surface area contributed by atoms with Gasteiger partial charge in [-0.15, -0.1) is 23.4 Å². The first-order valence-electron chi connectivity index (χ1n) is 4.19. The molecule has 0 bridgehead atoms. The summed E-state index contributed by atoms with van der Waals surface area (Å²) >= 11 is 6.93. The third kappa shape index (κ3) is 3.91. The fraction of sp³-hybridized carbons (Fsp3) is 0.444. The van der Waals surface area contributed by atoms with Gasteiger partial charge in [-0.25, -0.2) is 4.98 Å². The summed E-state index contributed by atoms with van der Waals surface area (Å²) in [7, 11) is 0. The van der Waals surface area contributed by atoms with Gasteiger partial charge in [-0.2, -0.15) is 13.2 Å². The third-order valence-corrected chi connectivity index (χ3v) is 3.30. The molecule has 0 saturated carbocycles. The zero-order valence-electron chi connectivity index (χ0n) is 7.88. The molecule has 0 fully saturated rings. The number of pyridine rings is 1. The molecule has 0 amide bonds. The Morgan fingerprint density at radius 3 is 2.53 bits per heavy atom. The van der Waals surface area contributed by atoms with Gasteiger partial charge in [0.25, 0.3) is 0 Å². The van der Waals surface area contributed by atoms with Crippen molar-refractivity contribution < 1.29 is 13.2 Å². The summed E-state index contributed by atoms with van der Waals surface area (Å²) in [4.78, 5) is 3.72. The molecule has 6 heteroatoms. The average Bonchev–Trinajstić information content (AvgIpc) is 2.17. The van der Waals surface area contributed by atoms with Gasteiger partial charge in [0.15, 0.2) is 0 Å². The Morgan fingerprint density at radius 1 is 1.47 bits per heavy atom. The van der Waals surface area contributed by atoms with Crippen LogP contribution in [0.1, 0.15) is 12.5 Å². The monoisotopic (exact) mass is 255 g/mol. The van der Waals surface area contributed by atoms with Crippen molar-refractivity contribution in [3.8, 4) is 0 Å². The zero-order valence-corrected chi connectivity index (χ0v) is 9.46. The molecule has 0 aliphatic heterocycles. The second-order valence-electron chi connectivity index (χ2n) is 2.97. The molecule has 1 rings (SSSR count). The Morgan fingerprint density at radius 2 is 2.13 bits per heavy atom.